The molecule has 0 atom stereocenters. The summed E-state index contributed by atoms with van der Waals surface area (Å²) >= 11 is 6.41. The Bertz CT molecular complexity index is 1040. The van der Waals surface area contributed by atoms with Crippen molar-refractivity contribution in [1.82, 2.24) is 4.57 Å². The largest absolute Gasteiger partial charge is 0.400 e. The molecule has 1 aromatic heterocycles. The number of anilines is 1. The third-order valence-electron chi connectivity index (χ3n) is 4.54. The van der Waals surface area contributed by atoms with Crippen molar-refractivity contribution in [3.8, 4) is 0 Å². The summed E-state index contributed by atoms with van der Waals surface area (Å²) in [7, 11) is 4.76. The normalized spacial score (nSPS) is 10.8. The molecular formula is C21H25ClN2O3. The van der Waals surface area contributed by atoms with Crippen LogP contribution < -0.4 is 10.3 Å². The van der Waals surface area contributed by atoms with Crippen LogP contribution in [0.3, 0.4) is 0 Å². The number of hydrogen-bond acceptors (Lipinski definition) is 4. The highest BCUT2D eigenvalue weighted by Crippen LogP contribution is 2.34. The summed E-state index contributed by atoms with van der Waals surface area (Å²) in [5, 5.41) is 8.74. The molecule has 0 aliphatic rings. The topological polar surface area (TPSA) is 62.5 Å². The van der Waals surface area contributed by atoms with Gasteiger partial charge in [-0.25, -0.2) is 0 Å². The molecule has 0 spiro atoms. The van der Waals surface area contributed by atoms with Crippen LogP contribution in [0.4, 0.5) is 5.69 Å². The first kappa shape index (κ1) is 20.9. The summed E-state index contributed by atoms with van der Waals surface area (Å²) in [4.78, 5) is 26.3. The van der Waals surface area contributed by atoms with Crippen molar-refractivity contribution in [3.05, 3.63) is 51.1 Å². The van der Waals surface area contributed by atoms with E-state index in [2.05, 4.69) is 13.8 Å². The fourth-order valence-corrected chi connectivity index (χ4v) is 3.61. The highest BCUT2D eigenvalue weighted by molar-refractivity contribution is 6.35. The van der Waals surface area contributed by atoms with Crippen LogP contribution in [-0.4, -0.2) is 37.2 Å². The Morgan fingerprint density at radius 1 is 1.15 bits per heavy atom. The molecule has 0 saturated carbocycles. The Labute approximate surface area is 163 Å². The number of fused-ring (bicyclic) bond motifs is 2. The number of rotatable bonds is 4. The highest BCUT2D eigenvalue weighted by atomic mass is 35.5. The van der Waals surface area contributed by atoms with Gasteiger partial charge in [-0.15, -0.1) is 0 Å². The van der Waals surface area contributed by atoms with E-state index < -0.39 is 0 Å². The highest BCUT2D eigenvalue weighted by Gasteiger charge is 2.18. The molecule has 0 bridgehead atoms. The SMILES string of the molecule is CC(C)c1ccc2c(=O)c3ccc(Cl)c(N(C)C)c3n(CC=O)c2c1.CO. The van der Waals surface area contributed by atoms with Gasteiger partial charge in [0, 0.05) is 32.0 Å². The van der Waals surface area contributed by atoms with Crippen LogP contribution in [0.2, 0.25) is 5.02 Å². The lowest BCUT2D eigenvalue weighted by Crippen LogP contribution is -2.18. The van der Waals surface area contributed by atoms with Crippen molar-refractivity contribution in [2.24, 2.45) is 0 Å². The van der Waals surface area contributed by atoms with Crippen LogP contribution in [-0.2, 0) is 11.3 Å². The lowest BCUT2D eigenvalue weighted by Gasteiger charge is -2.22. The molecule has 3 rings (SSSR count). The maximum atomic E-state index is 13.0. The van der Waals surface area contributed by atoms with Gasteiger partial charge < -0.3 is 19.4 Å². The number of halogens is 1. The molecule has 2 aromatic carbocycles. The first-order valence-corrected chi connectivity index (χ1v) is 9.09. The minimum absolute atomic E-state index is 0.0396. The molecule has 0 radical (unpaired) electrons. The number of aliphatic hydroxyl groups excluding tert-OH is 1. The lowest BCUT2D eigenvalue weighted by molar-refractivity contribution is -0.108. The zero-order valence-corrected chi connectivity index (χ0v) is 17.0. The van der Waals surface area contributed by atoms with E-state index in [9.17, 15) is 9.59 Å². The molecule has 0 amide bonds. The monoisotopic (exact) mass is 388 g/mol. The summed E-state index contributed by atoms with van der Waals surface area (Å²) in [6, 6.07) is 9.32. The summed E-state index contributed by atoms with van der Waals surface area (Å²) in [6.07, 6.45) is 0.853. The number of carbonyl (C=O) groups excluding carboxylic acids is 1. The molecule has 0 fully saturated rings. The van der Waals surface area contributed by atoms with E-state index in [0.717, 1.165) is 30.2 Å². The van der Waals surface area contributed by atoms with Gasteiger partial charge in [0.2, 0.25) is 0 Å². The Morgan fingerprint density at radius 3 is 2.33 bits per heavy atom. The third kappa shape index (κ3) is 3.70. The van der Waals surface area contributed by atoms with Crippen LogP contribution in [0.5, 0.6) is 0 Å². The lowest BCUT2D eigenvalue weighted by atomic mass is 9.99. The van der Waals surface area contributed by atoms with E-state index in [1.165, 1.54) is 0 Å². The summed E-state index contributed by atoms with van der Waals surface area (Å²) in [5.41, 5.74) is 3.29. The van der Waals surface area contributed by atoms with E-state index in [1.807, 2.05) is 41.8 Å². The first-order chi connectivity index (χ1) is 12.9. The molecule has 5 nitrogen and oxygen atoms in total. The maximum Gasteiger partial charge on any atom is 0.197 e. The quantitative estimate of drug-likeness (QED) is 0.545. The third-order valence-corrected chi connectivity index (χ3v) is 4.85. The average Bonchev–Trinajstić information content (AvgIpc) is 2.65. The van der Waals surface area contributed by atoms with E-state index in [0.29, 0.717) is 27.2 Å². The molecule has 0 saturated heterocycles. The summed E-state index contributed by atoms with van der Waals surface area (Å²) in [5.74, 6) is 0.326. The van der Waals surface area contributed by atoms with E-state index in [1.54, 1.807) is 12.1 Å². The van der Waals surface area contributed by atoms with Crippen molar-refractivity contribution in [3.63, 3.8) is 0 Å². The predicted octanol–water partition coefficient (Wildman–Crippen LogP) is 3.80. The molecule has 0 aliphatic heterocycles. The number of nitrogens with zero attached hydrogens (tertiary/aromatic N) is 2. The zero-order chi connectivity index (χ0) is 20.3. The molecule has 0 unspecified atom stereocenters. The van der Waals surface area contributed by atoms with Gasteiger partial charge in [-0.05, 0) is 35.7 Å². The first-order valence-electron chi connectivity index (χ1n) is 8.71. The smallest absolute Gasteiger partial charge is 0.197 e. The minimum Gasteiger partial charge on any atom is -0.400 e. The zero-order valence-electron chi connectivity index (χ0n) is 16.3. The number of pyridine rings is 1. The average molecular weight is 389 g/mol. The van der Waals surface area contributed by atoms with Crippen molar-refractivity contribution in [2.45, 2.75) is 26.3 Å². The second-order valence-electron chi connectivity index (χ2n) is 6.72. The Balaban J connectivity index is 0.00000126. The number of hydrogen-bond donors (Lipinski definition) is 1. The van der Waals surface area contributed by atoms with Crippen LogP contribution >= 0.6 is 11.6 Å². The van der Waals surface area contributed by atoms with Crippen molar-refractivity contribution < 1.29 is 9.90 Å². The summed E-state index contributed by atoms with van der Waals surface area (Å²) in [6.45, 7) is 4.37. The molecule has 3 aromatic rings. The van der Waals surface area contributed by atoms with Crippen LogP contribution in [0.15, 0.2) is 35.1 Å². The fourth-order valence-electron chi connectivity index (χ4n) is 3.29. The molecule has 144 valence electrons. The van der Waals surface area contributed by atoms with Crippen molar-refractivity contribution >= 4 is 45.4 Å². The fraction of sp³-hybridized carbons (Fsp3) is 0.333. The van der Waals surface area contributed by atoms with E-state index in [-0.39, 0.29) is 12.0 Å². The van der Waals surface area contributed by atoms with Crippen LogP contribution in [0, 0.1) is 0 Å². The van der Waals surface area contributed by atoms with Gasteiger partial charge in [-0.2, -0.15) is 0 Å². The van der Waals surface area contributed by atoms with Gasteiger partial charge in [0.1, 0.15) is 6.29 Å². The van der Waals surface area contributed by atoms with Crippen molar-refractivity contribution in [2.75, 3.05) is 26.1 Å². The number of benzene rings is 2. The van der Waals surface area contributed by atoms with E-state index >= 15 is 0 Å². The Morgan fingerprint density at radius 2 is 1.78 bits per heavy atom. The molecule has 0 aliphatic carbocycles. The number of aliphatic hydroxyl groups is 1. The van der Waals surface area contributed by atoms with Gasteiger partial charge in [-0.3, -0.25) is 4.79 Å². The van der Waals surface area contributed by atoms with Crippen molar-refractivity contribution in [1.29, 1.82) is 0 Å². The van der Waals surface area contributed by atoms with Gasteiger partial charge in [-0.1, -0.05) is 31.5 Å². The second kappa shape index (κ2) is 8.55. The molecule has 6 heteroatoms. The molecule has 1 N–H and O–H groups in total. The van der Waals surface area contributed by atoms with E-state index in [4.69, 9.17) is 16.7 Å². The predicted molar refractivity (Wildman–Crippen MR) is 113 cm³/mol. The minimum atomic E-state index is -0.0396. The summed E-state index contributed by atoms with van der Waals surface area (Å²) < 4.78 is 1.90. The molecule has 27 heavy (non-hydrogen) atoms. The number of aromatic nitrogens is 1. The van der Waals surface area contributed by atoms with Gasteiger partial charge in [0.15, 0.2) is 5.43 Å². The van der Waals surface area contributed by atoms with Gasteiger partial charge >= 0.3 is 0 Å². The Hall–Kier alpha value is -2.37. The van der Waals surface area contributed by atoms with Gasteiger partial charge in [0.25, 0.3) is 0 Å². The number of aldehydes is 1. The second-order valence-corrected chi connectivity index (χ2v) is 7.13. The van der Waals surface area contributed by atoms with Crippen LogP contribution in [0.1, 0.15) is 25.3 Å². The maximum absolute atomic E-state index is 13.0. The molecule has 1 heterocycles. The Kier molecular flexibility index (Phi) is 6.63. The van der Waals surface area contributed by atoms with Gasteiger partial charge in [0.05, 0.1) is 28.3 Å². The standard InChI is InChI=1S/C20H21ClN2O2.CH4O/c1-12(2)13-5-6-14-17(11-13)23(9-10-24)18-15(20(14)25)7-8-16(21)19(18)22(3)4;1-2/h5-8,10-12H,9H2,1-4H3;2H,1H3. The number of carbonyl (C=O) groups is 1. The molecular weight excluding hydrogens is 364 g/mol. The van der Waals surface area contributed by atoms with Crippen LogP contribution in [0.25, 0.3) is 21.8 Å².